The maximum Gasteiger partial charge on any atom is 0.573 e. The molecule has 1 aliphatic heterocycles. The number of aromatic nitrogens is 3. The fourth-order valence-corrected chi connectivity index (χ4v) is 3.38. The number of nitrogens with zero attached hydrogens (tertiary/aromatic N) is 4. The number of fused-ring (bicyclic) bond motifs is 1. The van der Waals surface area contributed by atoms with E-state index in [0.717, 1.165) is 36.2 Å². The summed E-state index contributed by atoms with van der Waals surface area (Å²) < 4.78 is 41.0. The zero-order chi connectivity index (χ0) is 19.7. The molecule has 146 valence electrons. The minimum atomic E-state index is -4.72. The number of halogens is 3. The largest absolute Gasteiger partial charge is 0.573 e. The van der Waals surface area contributed by atoms with Crippen LogP contribution in [0.3, 0.4) is 0 Å². The quantitative estimate of drug-likeness (QED) is 0.741. The second-order valence-corrected chi connectivity index (χ2v) is 6.61. The molecule has 0 radical (unpaired) electrons. The van der Waals surface area contributed by atoms with Crippen LogP contribution in [0.5, 0.6) is 5.75 Å². The molecule has 3 heterocycles. The molecular formula is C19H18F3N5O. The lowest BCUT2D eigenvalue weighted by Crippen LogP contribution is -2.50. The van der Waals surface area contributed by atoms with Crippen LogP contribution in [0.2, 0.25) is 0 Å². The highest BCUT2D eigenvalue weighted by Crippen LogP contribution is 2.33. The Bertz CT molecular complexity index is 977. The summed E-state index contributed by atoms with van der Waals surface area (Å²) in [5, 5.41) is 13.9. The Morgan fingerprint density at radius 1 is 1.11 bits per heavy atom. The average Bonchev–Trinajstić information content (AvgIpc) is 2.67. The molecule has 0 amide bonds. The molecule has 0 spiro atoms. The van der Waals surface area contributed by atoms with Gasteiger partial charge in [-0.1, -0.05) is 0 Å². The lowest BCUT2D eigenvalue weighted by molar-refractivity contribution is -0.274. The van der Waals surface area contributed by atoms with Crippen LogP contribution in [0.15, 0.2) is 42.7 Å². The van der Waals surface area contributed by atoms with Crippen molar-refractivity contribution in [2.45, 2.75) is 19.3 Å². The Hall–Kier alpha value is -2.94. The Morgan fingerprint density at radius 3 is 2.61 bits per heavy atom. The van der Waals surface area contributed by atoms with E-state index >= 15 is 0 Å². The van der Waals surface area contributed by atoms with Crippen LogP contribution in [-0.4, -0.2) is 47.2 Å². The van der Waals surface area contributed by atoms with Gasteiger partial charge in [-0.3, -0.25) is 4.98 Å². The van der Waals surface area contributed by atoms with E-state index in [-0.39, 0.29) is 11.8 Å². The summed E-state index contributed by atoms with van der Waals surface area (Å²) in [5.74, 6) is 0.485. The van der Waals surface area contributed by atoms with Gasteiger partial charge in [-0.05, 0) is 37.3 Å². The molecule has 2 aromatic heterocycles. The van der Waals surface area contributed by atoms with Crippen LogP contribution < -0.4 is 15.0 Å². The Balaban J connectivity index is 1.74. The number of ether oxygens (including phenoxy) is 1. The lowest BCUT2D eigenvalue weighted by atomic mass is 10.1. The molecule has 9 heteroatoms. The minimum Gasteiger partial charge on any atom is -0.406 e. The summed E-state index contributed by atoms with van der Waals surface area (Å²) in [6.45, 7) is 4.63. The van der Waals surface area contributed by atoms with E-state index in [1.165, 1.54) is 24.3 Å². The van der Waals surface area contributed by atoms with E-state index in [1.54, 1.807) is 12.4 Å². The molecule has 0 bridgehead atoms. The van der Waals surface area contributed by atoms with E-state index in [1.807, 2.05) is 6.07 Å². The molecule has 6 nitrogen and oxygen atoms in total. The Kier molecular flexibility index (Phi) is 4.76. The van der Waals surface area contributed by atoms with Gasteiger partial charge < -0.3 is 15.0 Å². The van der Waals surface area contributed by atoms with Gasteiger partial charge >= 0.3 is 6.36 Å². The molecule has 1 aromatic carbocycles. The molecule has 1 saturated heterocycles. The van der Waals surface area contributed by atoms with Gasteiger partial charge in [0.1, 0.15) is 11.4 Å². The molecular weight excluding hydrogens is 371 g/mol. The van der Waals surface area contributed by atoms with Crippen molar-refractivity contribution in [3.05, 3.63) is 42.7 Å². The number of rotatable bonds is 3. The first-order valence-corrected chi connectivity index (χ1v) is 8.86. The van der Waals surface area contributed by atoms with Crippen molar-refractivity contribution < 1.29 is 17.9 Å². The lowest BCUT2D eigenvalue weighted by Gasteiger charge is -2.35. The molecule has 1 fully saturated rings. The molecule has 0 saturated carbocycles. The van der Waals surface area contributed by atoms with Crippen molar-refractivity contribution in [2.24, 2.45) is 0 Å². The number of benzene rings is 1. The number of anilines is 1. The van der Waals surface area contributed by atoms with Crippen LogP contribution in [-0.2, 0) is 0 Å². The summed E-state index contributed by atoms with van der Waals surface area (Å²) in [6.07, 6.45) is -1.31. The molecule has 1 N–H and O–H groups in total. The monoisotopic (exact) mass is 389 g/mol. The average molecular weight is 389 g/mol. The number of hydrogen-bond acceptors (Lipinski definition) is 6. The third-order valence-corrected chi connectivity index (χ3v) is 4.70. The maximum absolute atomic E-state index is 12.4. The number of nitrogens with one attached hydrogen (secondary N) is 1. The second-order valence-electron chi connectivity index (χ2n) is 6.61. The summed E-state index contributed by atoms with van der Waals surface area (Å²) >= 11 is 0. The highest BCUT2D eigenvalue weighted by Gasteiger charge is 2.31. The van der Waals surface area contributed by atoms with E-state index < -0.39 is 6.36 Å². The van der Waals surface area contributed by atoms with Crippen molar-refractivity contribution >= 4 is 16.6 Å². The summed E-state index contributed by atoms with van der Waals surface area (Å²) in [6, 6.07) is 7.72. The molecule has 3 aromatic rings. The minimum absolute atomic E-state index is 0.260. The smallest absolute Gasteiger partial charge is 0.406 e. The van der Waals surface area contributed by atoms with Crippen molar-refractivity contribution in [2.75, 3.05) is 24.5 Å². The highest BCUT2D eigenvalue weighted by atomic mass is 19.4. The predicted octanol–water partition coefficient (Wildman–Crippen LogP) is 3.39. The molecule has 1 atom stereocenters. The van der Waals surface area contributed by atoms with E-state index in [9.17, 15) is 13.2 Å². The summed E-state index contributed by atoms with van der Waals surface area (Å²) in [4.78, 5) is 6.42. The van der Waals surface area contributed by atoms with E-state index in [4.69, 9.17) is 0 Å². The molecule has 1 aliphatic rings. The van der Waals surface area contributed by atoms with E-state index in [2.05, 4.69) is 37.1 Å². The fourth-order valence-electron chi connectivity index (χ4n) is 3.38. The first kappa shape index (κ1) is 18.4. The van der Waals surface area contributed by atoms with Gasteiger partial charge in [0.2, 0.25) is 0 Å². The van der Waals surface area contributed by atoms with Gasteiger partial charge in [0.05, 0.1) is 0 Å². The van der Waals surface area contributed by atoms with Crippen LogP contribution >= 0.6 is 0 Å². The van der Waals surface area contributed by atoms with Gasteiger partial charge in [-0.25, -0.2) is 0 Å². The second kappa shape index (κ2) is 7.23. The van der Waals surface area contributed by atoms with Gasteiger partial charge in [0.25, 0.3) is 0 Å². The van der Waals surface area contributed by atoms with Gasteiger partial charge in [0, 0.05) is 54.4 Å². The standard InChI is InChI=1S/C19H18F3N5O/c1-12-10-24-8-9-27(12)18-16-11-23-7-6-15(16)17(25-26-18)13-2-4-14(5-3-13)28-19(20,21)22/h2-7,11-12,24H,8-10H2,1H3. The van der Waals surface area contributed by atoms with E-state index in [0.29, 0.717) is 11.3 Å². The third kappa shape index (κ3) is 3.70. The first-order chi connectivity index (χ1) is 13.4. The highest BCUT2D eigenvalue weighted by molar-refractivity contribution is 5.99. The number of pyridine rings is 1. The number of alkyl halides is 3. The van der Waals surface area contributed by atoms with Gasteiger partial charge in [-0.2, -0.15) is 0 Å². The fraction of sp³-hybridized carbons (Fsp3) is 0.316. The summed E-state index contributed by atoms with van der Waals surface area (Å²) in [7, 11) is 0. The molecule has 0 aliphatic carbocycles. The van der Waals surface area contributed by atoms with Crippen LogP contribution in [0.4, 0.5) is 19.0 Å². The van der Waals surface area contributed by atoms with Gasteiger partial charge in [-0.15, -0.1) is 23.4 Å². The molecule has 28 heavy (non-hydrogen) atoms. The van der Waals surface area contributed by atoms with Crippen molar-refractivity contribution in [3.8, 4) is 17.0 Å². The number of hydrogen-bond donors (Lipinski definition) is 1. The van der Waals surface area contributed by atoms with Gasteiger partial charge in [0.15, 0.2) is 5.82 Å². The maximum atomic E-state index is 12.4. The van der Waals surface area contributed by atoms with Crippen molar-refractivity contribution in [3.63, 3.8) is 0 Å². The zero-order valence-corrected chi connectivity index (χ0v) is 15.1. The Labute approximate surface area is 159 Å². The SMILES string of the molecule is CC1CNCCN1c1nnc(-c2ccc(OC(F)(F)F)cc2)c2ccncc12. The van der Waals surface area contributed by atoms with Crippen LogP contribution in [0, 0.1) is 0 Å². The topological polar surface area (TPSA) is 63.2 Å². The van der Waals surface area contributed by atoms with Crippen molar-refractivity contribution in [1.82, 2.24) is 20.5 Å². The number of piperazine rings is 1. The summed E-state index contributed by atoms with van der Waals surface area (Å²) in [5.41, 5.74) is 1.24. The zero-order valence-electron chi connectivity index (χ0n) is 15.1. The predicted molar refractivity (Wildman–Crippen MR) is 99.1 cm³/mol. The van der Waals surface area contributed by atoms with Crippen molar-refractivity contribution in [1.29, 1.82) is 0 Å². The molecule has 4 rings (SSSR count). The first-order valence-electron chi connectivity index (χ1n) is 8.86. The van der Waals surface area contributed by atoms with Crippen LogP contribution in [0.1, 0.15) is 6.92 Å². The molecule has 1 unspecified atom stereocenters. The Morgan fingerprint density at radius 2 is 1.89 bits per heavy atom. The van der Waals surface area contributed by atoms with Crippen LogP contribution in [0.25, 0.3) is 22.0 Å². The normalized spacial score (nSPS) is 17.7. The third-order valence-electron chi connectivity index (χ3n) is 4.70.